The molecule has 4 heteroatoms. The fraction of sp³-hybridized carbons (Fsp3) is 0.385. The predicted molar refractivity (Wildman–Crippen MR) is 66.7 cm³/mol. The van der Waals surface area contributed by atoms with Gasteiger partial charge in [0, 0.05) is 18.7 Å². The van der Waals surface area contributed by atoms with E-state index < -0.39 is 0 Å². The quantitative estimate of drug-likeness (QED) is 0.554. The van der Waals surface area contributed by atoms with Gasteiger partial charge < -0.3 is 4.74 Å². The zero-order valence-corrected chi connectivity index (χ0v) is 10.5. The predicted octanol–water partition coefficient (Wildman–Crippen LogP) is 2.39. The lowest BCUT2D eigenvalue weighted by atomic mass is 10.0. The molecule has 17 heavy (non-hydrogen) atoms. The molecule has 0 saturated carbocycles. The second kappa shape index (κ2) is 7.07. The number of Topliss-reactive ketones (excluding diaryl/α,β-unsaturated/α-hetero) is 2. The lowest BCUT2D eigenvalue weighted by Crippen LogP contribution is -2.16. The number of hydrogen-bond donors (Lipinski definition) is 0. The largest absolute Gasteiger partial charge is 0.497 e. The number of carbonyl (C=O) groups is 2. The summed E-state index contributed by atoms with van der Waals surface area (Å²) >= 11 is 5.47. The van der Waals surface area contributed by atoms with Crippen molar-refractivity contribution in [2.45, 2.75) is 19.3 Å². The van der Waals surface area contributed by atoms with Crippen LogP contribution < -0.4 is 4.74 Å². The molecule has 0 radical (unpaired) electrons. The van der Waals surface area contributed by atoms with Gasteiger partial charge in [-0.2, -0.15) is 0 Å². The van der Waals surface area contributed by atoms with Crippen LogP contribution in [0.1, 0.15) is 18.4 Å². The van der Waals surface area contributed by atoms with Crippen LogP contribution in [0.15, 0.2) is 24.3 Å². The van der Waals surface area contributed by atoms with E-state index in [1.807, 2.05) is 0 Å². The third-order valence-corrected chi connectivity index (χ3v) is 2.64. The maximum Gasteiger partial charge on any atom is 0.202 e. The summed E-state index contributed by atoms with van der Waals surface area (Å²) in [6.45, 7) is 0. The van der Waals surface area contributed by atoms with E-state index >= 15 is 0 Å². The molecule has 92 valence electrons. The molecule has 0 spiro atoms. The van der Waals surface area contributed by atoms with Crippen molar-refractivity contribution in [2.75, 3.05) is 13.0 Å². The summed E-state index contributed by atoms with van der Waals surface area (Å²) in [6, 6.07) is 7.11. The van der Waals surface area contributed by atoms with Gasteiger partial charge in [-0.3, -0.25) is 9.59 Å². The van der Waals surface area contributed by atoms with Gasteiger partial charge in [-0.05, 0) is 24.1 Å². The Morgan fingerprint density at radius 1 is 1.18 bits per heavy atom. The Morgan fingerprint density at radius 2 is 1.82 bits per heavy atom. The van der Waals surface area contributed by atoms with Crippen molar-refractivity contribution in [2.24, 2.45) is 0 Å². The van der Waals surface area contributed by atoms with E-state index in [9.17, 15) is 9.59 Å². The molecular weight excluding hydrogens is 240 g/mol. The van der Waals surface area contributed by atoms with Gasteiger partial charge >= 0.3 is 0 Å². The molecule has 0 bridgehead atoms. The average Bonchev–Trinajstić information content (AvgIpc) is 2.36. The Labute approximate surface area is 106 Å². The van der Waals surface area contributed by atoms with E-state index in [1.54, 1.807) is 31.4 Å². The topological polar surface area (TPSA) is 43.4 Å². The second-order valence-corrected chi connectivity index (χ2v) is 4.04. The van der Waals surface area contributed by atoms with Crippen LogP contribution in [0.3, 0.4) is 0 Å². The molecule has 0 aliphatic carbocycles. The van der Waals surface area contributed by atoms with Crippen LogP contribution in [-0.2, 0) is 16.0 Å². The number of halogens is 1. The summed E-state index contributed by atoms with van der Waals surface area (Å²) in [5.41, 5.74) is 0.815. The van der Waals surface area contributed by atoms with Crippen molar-refractivity contribution >= 4 is 23.2 Å². The fourth-order valence-electron chi connectivity index (χ4n) is 1.39. The maximum absolute atomic E-state index is 11.5. The van der Waals surface area contributed by atoms with Crippen molar-refractivity contribution < 1.29 is 14.3 Å². The van der Waals surface area contributed by atoms with Gasteiger partial charge in [-0.1, -0.05) is 12.1 Å². The van der Waals surface area contributed by atoms with Gasteiger partial charge in [-0.15, -0.1) is 11.6 Å². The first-order valence-corrected chi connectivity index (χ1v) is 5.95. The first-order chi connectivity index (χ1) is 8.17. The summed E-state index contributed by atoms with van der Waals surface area (Å²) in [4.78, 5) is 22.9. The Balaban J connectivity index is 2.52. The van der Waals surface area contributed by atoms with E-state index in [0.717, 1.165) is 11.3 Å². The van der Waals surface area contributed by atoms with E-state index in [0.29, 0.717) is 12.3 Å². The highest BCUT2D eigenvalue weighted by atomic mass is 35.5. The summed E-state index contributed by atoms with van der Waals surface area (Å²) in [5.74, 6) is 0.429. The normalized spacial score (nSPS) is 10.0. The van der Waals surface area contributed by atoms with Crippen molar-refractivity contribution in [1.82, 2.24) is 0 Å². The third-order valence-electron chi connectivity index (χ3n) is 2.37. The monoisotopic (exact) mass is 254 g/mol. The number of rotatable bonds is 7. The molecule has 0 fully saturated rings. The summed E-state index contributed by atoms with van der Waals surface area (Å²) < 4.78 is 5.01. The van der Waals surface area contributed by atoms with Crippen LogP contribution in [-0.4, -0.2) is 24.6 Å². The Morgan fingerprint density at radius 3 is 2.35 bits per heavy atom. The average molecular weight is 255 g/mol. The first-order valence-electron chi connectivity index (χ1n) is 5.42. The smallest absolute Gasteiger partial charge is 0.202 e. The number of carbonyl (C=O) groups excluding carboxylic acids is 2. The van der Waals surface area contributed by atoms with Crippen molar-refractivity contribution in [3.63, 3.8) is 0 Å². The number of benzene rings is 1. The van der Waals surface area contributed by atoms with E-state index in [2.05, 4.69) is 0 Å². The molecule has 0 heterocycles. The molecule has 0 aromatic heterocycles. The van der Waals surface area contributed by atoms with Crippen LogP contribution in [0.2, 0.25) is 0 Å². The van der Waals surface area contributed by atoms with E-state index in [-0.39, 0.29) is 24.4 Å². The number of alkyl halides is 1. The minimum absolute atomic E-state index is 0.144. The van der Waals surface area contributed by atoms with Gasteiger partial charge in [0.1, 0.15) is 5.75 Å². The van der Waals surface area contributed by atoms with Gasteiger partial charge in [0.2, 0.25) is 5.78 Å². The molecule has 0 saturated heterocycles. The minimum atomic E-state index is -0.361. The van der Waals surface area contributed by atoms with Gasteiger partial charge in [-0.25, -0.2) is 0 Å². The molecule has 0 aliphatic rings. The Bertz CT molecular complexity index is 384. The van der Waals surface area contributed by atoms with Crippen LogP contribution in [0.5, 0.6) is 5.75 Å². The van der Waals surface area contributed by atoms with Crippen molar-refractivity contribution in [3.8, 4) is 5.75 Å². The lowest BCUT2D eigenvalue weighted by molar-refractivity contribution is -0.136. The van der Waals surface area contributed by atoms with Crippen LogP contribution >= 0.6 is 11.6 Å². The zero-order valence-electron chi connectivity index (χ0n) is 9.74. The van der Waals surface area contributed by atoms with Crippen molar-refractivity contribution in [1.29, 1.82) is 0 Å². The second-order valence-electron chi connectivity index (χ2n) is 3.66. The van der Waals surface area contributed by atoms with Gasteiger partial charge in [0.05, 0.1) is 7.11 Å². The third kappa shape index (κ3) is 4.57. The molecule has 0 atom stereocenters. The molecule has 0 aliphatic heterocycles. The molecule has 1 aromatic rings. The lowest BCUT2D eigenvalue weighted by Gasteiger charge is -2.02. The number of methoxy groups -OCH3 is 1. The molecule has 0 unspecified atom stereocenters. The molecule has 1 aromatic carbocycles. The maximum atomic E-state index is 11.5. The van der Waals surface area contributed by atoms with Crippen LogP contribution in [0.4, 0.5) is 0 Å². The summed E-state index contributed by atoms with van der Waals surface area (Å²) in [6.07, 6.45) is 0.929. The van der Waals surface area contributed by atoms with Crippen molar-refractivity contribution in [3.05, 3.63) is 29.8 Å². The molecule has 3 nitrogen and oxygen atoms in total. The first kappa shape index (κ1) is 13.7. The number of hydrogen-bond acceptors (Lipinski definition) is 3. The minimum Gasteiger partial charge on any atom is -0.497 e. The Kier molecular flexibility index (Phi) is 5.70. The molecular formula is C13H15ClO3. The SMILES string of the molecule is COc1ccc(CC(=O)C(=O)CCCCl)cc1. The van der Waals surface area contributed by atoms with Crippen LogP contribution in [0, 0.1) is 0 Å². The van der Waals surface area contributed by atoms with E-state index in [4.69, 9.17) is 16.3 Å². The number of ketones is 2. The highest BCUT2D eigenvalue weighted by Gasteiger charge is 2.13. The molecule has 1 rings (SSSR count). The standard InChI is InChI=1S/C13H15ClO3/c1-17-11-6-4-10(5-7-11)9-13(16)12(15)3-2-8-14/h4-7H,2-3,8-9H2,1H3. The fourth-order valence-corrected chi connectivity index (χ4v) is 1.53. The van der Waals surface area contributed by atoms with Gasteiger partial charge in [0.15, 0.2) is 5.78 Å². The number of ether oxygens (including phenoxy) is 1. The molecule has 0 amide bonds. The summed E-state index contributed by atoms with van der Waals surface area (Å²) in [5, 5.41) is 0. The highest BCUT2D eigenvalue weighted by Crippen LogP contribution is 2.12. The molecule has 0 N–H and O–H groups in total. The zero-order chi connectivity index (χ0) is 12.7. The van der Waals surface area contributed by atoms with Crippen LogP contribution in [0.25, 0.3) is 0 Å². The summed E-state index contributed by atoms with van der Waals surface area (Å²) in [7, 11) is 1.58. The Hall–Kier alpha value is -1.35. The van der Waals surface area contributed by atoms with Gasteiger partial charge in [0.25, 0.3) is 0 Å². The highest BCUT2D eigenvalue weighted by molar-refractivity contribution is 6.37. The van der Waals surface area contributed by atoms with E-state index in [1.165, 1.54) is 0 Å².